The van der Waals surface area contributed by atoms with Crippen LogP contribution in [0, 0.1) is 11.3 Å². The number of nitrogens with one attached hydrogen (secondary N) is 4. The Hall–Kier alpha value is -4.24. The van der Waals surface area contributed by atoms with Crippen LogP contribution in [0.3, 0.4) is 0 Å². The first-order valence-electron chi connectivity index (χ1n) is 15.9. The van der Waals surface area contributed by atoms with Crippen LogP contribution < -0.4 is 20.7 Å². The number of benzene rings is 2. The molecule has 0 aromatic heterocycles. The highest BCUT2D eigenvalue weighted by molar-refractivity contribution is 7.90. The average molecular weight is 724 g/mol. The summed E-state index contributed by atoms with van der Waals surface area (Å²) in [5, 5.41) is 7.65. The van der Waals surface area contributed by atoms with Gasteiger partial charge in [0.15, 0.2) is 0 Å². The first-order valence-corrected chi connectivity index (χ1v) is 17.4. The van der Waals surface area contributed by atoms with E-state index in [0.29, 0.717) is 0 Å². The molecule has 0 bridgehead atoms. The van der Waals surface area contributed by atoms with E-state index in [4.69, 9.17) is 0 Å². The largest absolute Gasteiger partial charge is 0.471 e. The van der Waals surface area contributed by atoms with Crippen LogP contribution in [0.25, 0.3) is 0 Å². The molecule has 0 heterocycles. The molecule has 0 fully saturated rings. The Balaban J connectivity index is 2.29. The summed E-state index contributed by atoms with van der Waals surface area (Å²) in [6.07, 6.45) is -3.67. The monoisotopic (exact) mass is 723 g/mol. The Labute approximate surface area is 292 Å². The second-order valence-corrected chi connectivity index (χ2v) is 15.7. The zero-order valence-electron chi connectivity index (χ0n) is 30.0. The van der Waals surface area contributed by atoms with Gasteiger partial charge in [-0.3, -0.25) is 19.2 Å². The van der Waals surface area contributed by atoms with Gasteiger partial charge in [0, 0.05) is 23.7 Å². The summed E-state index contributed by atoms with van der Waals surface area (Å²) in [6, 6.07) is 10.9. The van der Waals surface area contributed by atoms with Crippen LogP contribution in [0.2, 0.25) is 0 Å². The molecular formula is C35H48F3N5O6S. The lowest BCUT2D eigenvalue weighted by Crippen LogP contribution is -2.61. The molecular weight excluding hydrogens is 675 g/mol. The van der Waals surface area contributed by atoms with E-state index in [2.05, 4.69) is 10.6 Å². The summed E-state index contributed by atoms with van der Waals surface area (Å²) in [6.45, 7) is 14.3. The molecule has 2 rings (SSSR count). The van der Waals surface area contributed by atoms with Crippen LogP contribution in [-0.4, -0.2) is 75.3 Å². The van der Waals surface area contributed by atoms with Crippen molar-refractivity contribution < 1.29 is 40.8 Å². The Bertz CT molecular complexity index is 1670. The lowest BCUT2D eigenvalue weighted by atomic mass is 9.76. The second-order valence-electron chi connectivity index (χ2n) is 14.1. The molecule has 3 atom stereocenters. The number of hydrogen-bond donors (Lipinski definition) is 4. The van der Waals surface area contributed by atoms with Gasteiger partial charge in [0.05, 0.1) is 17.0 Å². The zero-order chi connectivity index (χ0) is 38.4. The third-order valence-electron chi connectivity index (χ3n) is 8.35. The molecule has 2 aromatic rings. The third-order valence-corrected chi connectivity index (χ3v) is 9.70. The van der Waals surface area contributed by atoms with Gasteiger partial charge in [0.2, 0.25) is 11.8 Å². The highest BCUT2D eigenvalue weighted by Gasteiger charge is 2.42. The van der Waals surface area contributed by atoms with Gasteiger partial charge in [0.1, 0.15) is 6.04 Å². The molecule has 276 valence electrons. The molecule has 15 heteroatoms. The third kappa shape index (κ3) is 10.6. The molecule has 0 radical (unpaired) electrons. The number of sulfonamides is 1. The van der Waals surface area contributed by atoms with Gasteiger partial charge in [0.25, 0.3) is 15.9 Å². The van der Waals surface area contributed by atoms with Gasteiger partial charge >= 0.3 is 12.1 Å². The quantitative estimate of drug-likeness (QED) is 0.222. The number of rotatable bonds is 13. The van der Waals surface area contributed by atoms with E-state index in [9.17, 15) is 40.8 Å². The molecule has 0 aliphatic rings. The van der Waals surface area contributed by atoms with Gasteiger partial charge in [-0.05, 0) is 55.1 Å². The molecule has 0 aliphatic heterocycles. The summed E-state index contributed by atoms with van der Waals surface area (Å²) in [7, 11) is -1.25. The Morgan fingerprint density at radius 2 is 1.40 bits per heavy atom. The van der Waals surface area contributed by atoms with E-state index in [1.165, 1.54) is 17.9 Å². The fourth-order valence-electron chi connectivity index (χ4n) is 5.34. The standard InChI is InChI=1S/C35H48F3N5O6S/c1-21(2)26(20-22(3)29(44)42-50(48,49)25-18-16-24(17-19-25)40-32(47)35(36,37)38)43(10)31(46)28(33(4,5)6)41-30(45)27(39-9)34(7,8)23-14-12-11-13-15-23/h11-21,26-28,39H,1-10H3,(H,40,47)(H,41,45)(H,42,44). The van der Waals surface area contributed by atoms with Gasteiger partial charge < -0.3 is 20.9 Å². The van der Waals surface area contributed by atoms with Crippen molar-refractivity contribution in [2.45, 2.75) is 90.0 Å². The Morgan fingerprint density at radius 1 is 0.860 bits per heavy atom. The van der Waals surface area contributed by atoms with Gasteiger partial charge in [-0.15, -0.1) is 0 Å². The topological polar surface area (TPSA) is 154 Å². The van der Waals surface area contributed by atoms with Gasteiger partial charge in [-0.2, -0.15) is 13.2 Å². The maximum Gasteiger partial charge on any atom is 0.471 e. The van der Waals surface area contributed by atoms with Crippen LogP contribution >= 0.6 is 0 Å². The SMILES string of the molecule is CNC(C(=O)NC(C(=O)N(C)C(C=C(C)C(=O)NS(=O)(=O)c1ccc(NC(=O)C(F)(F)F)cc1)C(C)C)C(C)(C)C)C(C)(C)c1ccccc1. The van der Waals surface area contributed by atoms with Gasteiger partial charge in [-0.25, -0.2) is 13.1 Å². The predicted molar refractivity (Wildman–Crippen MR) is 185 cm³/mol. The molecule has 2 aromatic carbocycles. The summed E-state index contributed by atoms with van der Waals surface area (Å²) in [5.41, 5.74) is -0.772. The maximum absolute atomic E-state index is 14.1. The van der Waals surface area contributed by atoms with Crippen molar-refractivity contribution in [2.75, 3.05) is 19.4 Å². The van der Waals surface area contributed by atoms with E-state index in [0.717, 1.165) is 29.8 Å². The maximum atomic E-state index is 14.1. The van der Waals surface area contributed by atoms with Crippen molar-refractivity contribution in [1.82, 2.24) is 20.3 Å². The van der Waals surface area contributed by atoms with Gasteiger partial charge in [-0.1, -0.05) is 84.9 Å². The fourth-order valence-corrected chi connectivity index (χ4v) is 6.36. The van der Waals surface area contributed by atoms with E-state index in [-0.39, 0.29) is 23.1 Å². The average Bonchev–Trinajstić information content (AvgIpc) is 3.01. The zero-order valence-corrected chi connectivity index (χ0v) is 30.8. The number of nitrogens with zero attached hydrogens (tertiary/aromatic N) is 1. The van der Waals surface area contributed by atoms with Crippen molar-refractivity contribution in [3.63, 3.8) is 0 Å². The van der Waals surface area contributed by atoms with Crippen LogP contribution in [0.1, 0.15) is 61.0 Å². The Morgan fingerprint density at radius 3 is 1.86 bits per heavy atom. The first-order chi connectivity index (χ1) is 22.8. The lowest BCUT2D eigenvalue weighted by molar-refractivity contribution is -0.167. The minimum Gasteiger partial charge on any atom is -0.342 e. The highest BCUT2D eigenvalue weighted by atomic mass is 32.2. The number of hydrogen-bond acceptors (Lipinski definition) is 7. The van der Waals surface area contributed by atoms with Crippen LogP contribution in [0.5, 0.6) is 0 Å². The van der Waals surface area contributed by atoms with Crippen molar-refractivity contribution in [1.29, 1.82) is 0 Å². The van der Waals surface area contributed by atoms with Crippen LogP contribution in [0.15, 0.2) is 71.1 Å². The number of likely N-dealkylation sites (N-methyl/N-ethyl adjacent to an activating group) is 2. The number of carbonyl (C=O) groups is 4. The molecule has 4 amide bonds. The van der Waals surface area contributed by atoms with Crippen molar-refractivity contribution >= 4 is 39.3 Å². The summed E-state index contributed by atoms with van der Waals surface area (Å²) in [4.78, 5) is 53.1. The molecule has 0 spiro atoms. The molecule has 0 aliphatic carbocycles. The minimum atomic E-state index is -5.13. The highest BCUT2D eigenvalue weighted by Crippen LogP contribution is 2.29. The van der Waals surface area contributed by atoms with Crippen molar-refractivity contribution in [2.24, 2.45) is 11.3 Å². The fraction of sp³-hybridized carbons (Fsp3) is 0.486. The number of carbonyl (C=O) groups excluding carboxylic acids is 4. The van der Waals surface area contributed by atoms with E-state index >= 15 is 0 Å². The molecule has 50 heavy (non-hydrogen) atoms. The molecule has 0 saturated carbocycles. The number of anilines is 1. The van der Waals surface area contributed by atoms with E-state index in [1.807, 2.05) is 83.5 Å². The molecule has 11 nitrogen and oxygen atoms in total. The minimum absolute atomic E-state index is 0.0304. The summed E-state index contributed by atoms with van der Waals surface area (Å²) in [5.74, 6) is -4.27. The number of halogens is 3. The molecule has 4 N–H and O–H groups in total. The normalized spacial score (nSPS) is 14.7. The summed E-state index contributed by atoms with van der Waals surface area (Å²) < 4.78 is 65.3. The lowest BCUT2D eigenvalue weighted by Gasteiger charge is -2.40. The summed E-state index contributed by atoms with van der Waals surface area (Å²) >= 11 is 0. The first kappa shape index (κ1) is 41.9. The smallest absolute Gasteiger partial charge is 0.342 e. The number of alkyl halides is 3. The predicted octanol–water partition coefficient (Wildman–Crippen LogP) is 4.52. The van der Waals surface area contributed by atoms with Crippen LogP contribution in [0.4, 0.5) is 18.9 Å². The number of amides is 4. The molecule has 0 saturated heterocycles. The van der Waals surface area contributed by atoms with Crippen molar-refractivity contribution in [3.8, 4) is 0 Å². The van der Waals surface area contributed by atoms with E-state index < -0.39 is 67.8 Å². The van der Waals surface area contributed by atoms with Crippen molar-refractivity contribution in [3.05, 3.63) is 71.8 Å². The molecule has 3 unspecified atom stereocenters. The second kappa shape index (κ2) is 16.2. The van der Waals surface area contributed by atoms with Crippen LogP contribution in [-0.2, 0) is 34.6 Å². The van der Waals surface area contributed by atoms with E-state index in [1.54, 1.807) is 19.4 Å². The Kier molecular flexibility index (Phi) is 13.6.